The van der Waals surface area contributed by atoms with Gasteiger partial charge in [-0.15, -0.1) is 0 Å². The standard InChI is InChI=1S/C6H13.2ClH.Co/c1-3-5-6-4-2;;;/h1,3-6H2,2H3;2*1H;/q;;;+2/p-2. The van der Waals surface area contributed by atoms with Crippen LogP contribution in [0, 0.1) is 0 Å². The van der Waals surface area contributed by atoms with Gasteiger partial charge >= 0.3 is 70.1 Å². The van der Waals surface area contributed by atoms with Crippen molar-refractivity contribution < 1.29 is 11.9 Å². The summed E-state index contributed by atoms with van der Waals surface area (Å²) in [5.74, 6) is 0. The third-order valence-electron chi connectivity index (χ3n) is 1.10. The third-order valence-corrected chi connectivity index (χ3v) is 2.90. The van der Waals surface area contributed by atoms with E-state index in [4.69, 9.17) is 20.3 Å². The van der Waals surface area contributed by atoms with Gasteiger partial charge in [0, 0.05) is 0 Å². The molecule has 0 amide bonds. The summed E-state index contributed by atoms with van der Waals surface area (Å²) < 4.78 is 0. The molecule has 0 aromatic rings. The molecule has 0 heterocycles. The molecule has 0 aromatic heterocycles. The van der Waals surface area contributed by atoms with Crippen LogP contribution in [0.4, 0.5) is 0 Å². The molecule has 0 N–H and O–H groups in total. The molecule has 0 aromatic carbocycles. The van der Waals surface area contributed by atoms with Crippen LogP contribution in [0.3, 0.4) is 0 Å². The van der Waals surface area contributed by atoms with Gasteiger partial charge in [0.05, 0.1) is 0 Å². The first kappa shape index (κ1) is 10.1. The zero-order chi connectivity index (χ0) is 7.11. The predicted molar refractivity (Wildman–Crippen MR) is 40.7 cm³/mol. The zero-order valence-electron chi connectivity index (χ0n) is 5.62. The topological polar surface area (TPSA) is 0 Å². The van der Waals surface area contributed by atoms with E-state index in [1.165, 1.54) is 25.7 Å². The Kier molecular flexibility index (Phi) is 8.07. The summed E-state index contributed by atoms with van der Waals surface area (Å²) in [7, 11) is 11.2. The van der Waals surface area contributed by atoms with Crippen LogP contribution in [-0.2, 0) is 11.9 Å². The summed E-state index contributed by atoms with van der Waals surface area (Å²) in [4.78, 5) is 0. The molecule has 9 heavy (non-hydrogen) atoms. The summed E-state index contributed by atoms with van der Waals surface area (Å²) in [6.45, 7) is 2.20. The Morgan fingerprint density at radius 1 is 1.11 bits per heavy atom. The Balaban J connectivity index is 2.75. The van der Waals surface area contributed by atoms with E-state index in [2.05, 4.69) is 6.92 Å². The SMILES string of the molecule is CCCCC[CH2][Co]([Cl])[Cl]. The van der Waals surface area contributed by atoms with Gasteiger partial charge in [0.25, 0.3) is 0 Å². The summed E-state index contributed by atoms with van der Waals surface area (Å²) in [5.41, 5.74) is 0. The number of rotatable bonds is 5. The van der Waals surface area contributed by atoms with Crippen molar-refractivity contribution in [2.45, 2.75) is 38.0 Å². The average Bonchev–Trinajstić information content (AvgIpc) is 1.80. The molecule has 0 rings (SSSR count). The Morgan fingerprint density at radius 3 is 2.22 bits per heavy atom. The molecular weight excluding hydrogens is 202 g/mol. The van der Waals surface area contributed by atoms with E-state index in [1.807, 2.05) is 0 Å². The van der Waals surface area contributed by atoms with Crippen molar-refractivity contribution in [2.24, 2.45) is 0 Å². The van der Waals surface area contributed by atoms with Gasteiger partial charge < -0.3 is 0 Å². The molecule has 0 atom stereocenters. The molecule has 0 aliphatic rings. The van der Waals surface area contributed by atoms with E-state index in [-0.39, 0.29) is 0 Å². The van der Waals surface area contributed by atoms with Crippen molar-refractivity contribution >= 4 is 20.3 Å². The van der Waals surface area contributed by atoms with E-state index >= 15 is 0 Å². The van der Waals surface area contributed by atoms with Gasteiger partial charge in [-0.1, -0.05) is 0 Å². The van der Waals surface area contributed by atoms with Crippen molar-refractivity contribution in [1.82, 2.24) is 0 Å². The van der Waals surface area contributed by atoms with Crippen molar-refractivity contribution in [3.05, 3.63) is 0 Å². The molecule has 0 radical (unpaired) electrons. The monoisotopic (exact) mass is 214 g/mol. The molecule has 0 unspecified atom stereocenters. The molecule has 60 valence electrons. The Morgan fingerprint density at radius 2 is 1.78 bits per heavy atom. The summed E-state index contributed by atoms with van der Waals surface area (Å²) in [6.07, 6.45) is 5.08. The molecule has 0 spiro atoms. The fourth-order valence-corrected chi connectivity index (χ4v) is 1.87. The third kappa shape index (κ3) is 9.09. The summed E-state index contributed by atoms with van der Waals surface area (Å²) >= 11 is -0.654. The number of unbranched alkanes of at least 4 members (excludes halogenated alkanes) is 3. The average molecular weight is 215 g/mol. The van der Waals surface area contributed by atoms with Gasteiger partial charge in [-0.3, -0.25) is 0 Å². The fraction of sp³-hybridized carbons (Fsp3) is 1.00. The van der Waals surface area contributed by atoms with Crippen LogP contribution in [0.1, 0.15) is 32.6 Å². The number of halogens is 2. The van der Waals surface area contributed by atoms with Gasteiger partial charge in [-0.2, -0.15) is 0 Å². The van der Waals surface area contributed by atoms with Crippen LogP contribution in [-0.4, -0.2) is 0 Å². The normalized spacial score (nSPS) is 11.7. The minimum absolute atomic E-state index is 0.654. The van der Waals surface area contributed by atoms with Crippen LogP contribution < -0.4 is 0 Å². The molecule has 0 aliphatic heterocycles. The van der Waals surface area contributed by atoms with Crippen LogP contribution >= 0.6 is 20.3 Å². The quantitative estimate of drug-likeness (QED) is 0.609. The molecule has 0 nitrogen and oxygen atoms in total. The molecular formula is C6H13Cl2Co. The van der Waals surface area contributed by atoms with Crippen LogP contribution in [0.15, 0.2) is 0 Å². The maximum absolute atomic E-state index is 5.58. The fourth-order valence-electron chi connectivity index (χ4n) is 0.599. The van der Waals surface area contributed by atoms with E-state index in [0.29, 0.717) is 0 Å². The maximum atomic E-state index is 5.58. The molecule has 0 saturated heterocycles. The number of hydrogen-bond donors (Lipinski definition) is 0. The summed E-state index contributed by atoms with van der Waals surface area (Å²) in [6, 6.07) is 0. The van der Waals surface area contributed by atoms with Gasteiger partial charge in [0.1, 0.15) is 0 Å². The van der Waals surface area contributed by atoms with E-state index < -0.39 is 11.9 Å². The predicted octanol–water partition coefficient (Wildman–Crippen LogP) is 3.91. The van der Waals surface area contributed by atoms with Crippen molar-refractivity contribution in [1.29, 1.82) is 0 Å². The molecule has 0 fully saturated rings. The van der Waals surface area contributed by atoms with Crippen molar-refractivity contribution in [3.8, 4) is 0 Å². The van der Waals surface area contributed by atoms with Gasteiger partial charge in [-0.05, 0) is 0 Å². The first-order chi connectivity index (χ1) is 4.27. The van der Waals surface area contributed by atoms with Gasteiger partial charge in [0.2, 0.25) is 0 Å². The van der Waals surface area contributed by atoms with Crippen molar-refractivity contribution in [3.63, 3.8) is 0 Å². The second kappa shape index (κ2) is 7.20. The van der Waals surface area contributed by atoms with Crippen LogP contribution in [0.2, 0.25) is 5.36 Å². The van der Waals surface area contributed by atoms with Gasteiger partial charge in [-0.25, -0.2) is 0 Å². The van der Waals surface area contributed by atoms with Crippen LogP contribution in [0.25, 0.3) is 0 Å². The second-order valence-corrected chi connectivity index (χ2v) is 6.22. The van der Waals surface area contributed by atoms with Gasteiger partial charge in [0.15, 0.2) is 0 Å². The second-order valence-electron chi connectivity index (χ2n) is 1.95. The van der Waals surface area contributed by atoms with Crippen LogP contribution in [0.5, 0.6) is 0 Å². The molecule has 0 aliphatic carbocycles. The Labute approximate surface area is 70.2 Å². The molecule has 0 saturated carbocycles. The number of hydrogen-bond acceptors (Lipinski definition) is 0. The Bertz CT molecular complexity index is 57.0. The van der Waals surface area contributed by atoms with E-state index in [9.17, 15) is 0 Å². The first-order valence-electron chi connectivity index (χ1n) is 3.19. The van der Waals surface area contributed by atoms with Crippen molar-refractivity contribution in [2.75, 3.05) is 0 Å². The van der Waals surface area contributed by atoms with E-state index in [1.54, 1.807) is 0 Å². The molecule has 0 bridgehead atoms. The zero-order valence-corrected chi connectivity index (χ0v) is 8.18. The van der Waals surface area contributed by atoms with E-state index in [0.717, 1.165) is 5.36 Å². The molecule has 3 heteroatoms. The Hall–Kier alpha value is 1.09. The summed E-state index contributed by atoms with van der Waals surface area (Å²) in [5, 5.41) is 1.01. The first-order valence-corrected chi connectivity index (χ1v) is 6.80. The minimum atomic E-state index is -0.654.